The van der Waals surface area contributed by atoms with Crippen LogP contribution in [0.1, 0.15) is 63.0 Å². The average Bonchev–Trinajstić information content (AvgIpc) is 2.75. The highest BCUT2D eigenvalue weighted by Crippen LogP contribution is 2.29. The molecule has 0 bridgehead atoms. The summed E-state index contributed by atoms with van der Waals surface area (Å²) in [6.07, 6.45) is 6.62. The summed E-state index contributed by atoms with van der Waals surface area (Å²) in [4.78, 5) is 26.7. The van der Waals surface area contributed by atoms with E-state index in [4.69, 9.17) is 4.74 Å². The third kappa shape index (κ3) is 5.87. The summed E-state index contributed by atoms with van der Waals surface area (Å²) < 4.78 is 5.71. The van der Waals surface area contributed by atoms with E-state index in [-0.39, 0.29) is 29.8 Å². The number of carbonyl (C=O) groups is 2. The van der Waals surface area contributed by atoms with Crippen molar-refractivity contribution in [1.29, 1.82) is 0 Å². The number of phenols is 1. The minimum atomic E-state index is -0.219. The van der Waals surface area contributed by atoms with Crippen LogP contribution in [0.25, 0.3) is 0 Å². The van der Waals surface area contributed by atoms with Gasteiger partial charge in [-0.25, -0.2) is 4.79 Å². The molecule has 29 heavy (non-hydrogen) atoms. The van der Waals surface area contributed by atoms with E-state index in [2.05, 4.69) is 12.2 Å². The molecule has 1 aliphatic carbocycles. The lowest BCUT2D eigenvalue weighted by atomic mass is 9.86. The number of carbonyl (C=O) groups excluding carboxylic acids is 2. The number of rotatable bonds is 5. The van der Waals surface area contributed by atoms with Crippen LogP contribution in [0, 0.1) is 18.8 Å². The molecule has 3 rings (SSSR count). The zero-order valence-electron chi connectivity index (χ0n) is 17.7. The van der Waals surface area contributed by atoms with Crippen molar-refractivity contribution in [2.75, 3.05) is 13.1 Å². The minimum Gasteiger partial charge on any atom is -0.508 e. The van der Waals surface area contributed by atoms with Crippen molar-refractivity contribution in [3.05, 3.63) is 29.3 Å². The van der Waals surface area contributed by atoms with E-state index < -0.39 is 0 Å². The Hall–Kier alpha value is -2.24. The van der Waals surface area contributed by atoms with Gasteiger partial charge in [-0.05, 0) is 68.6 Å². The molecule has 2 aliphatic rings. The molecule has 1 heterocycles. The topological polar surface area (TPSA) is 78.9 Å². The zero-order chi connectivity index (χ0) is 20.8. The molecule has 2 fully saturated rings. The second-order valence-corrected chi connectivity index (χ2v) is 8.53. The van der Waals surface area contributed by atoms with Crippen LogP contribution in [0.5, 0.6) is 5.75 Å². The summed E-state index contributed by atoms with van der Waals surface area (Å²) in [5.41, 5.74) is 1.76. The molecule has 1 aromatic carbocycles. The van der Waals surface area contributed by atoms with E-state index in [0.29, 0.717) is 32.5 Å². The van der Waals surface area contributed by atoms with Crippen LogP contribution in [0.4, 0.5) is 4.79 Å². The molecule has 0 spiro atoms. The number of hydrogen-bond donors (Lipinski definition) is 2. The number of aromatic hydroxyl groups is 1. The van der Waals surface area contributed by atoms with E-state index in [9.17, 15) is 14.7 Å². The van der Waals surface area contributed by atoms with Gasteiger partial charge in [-0.1, -0.05) is 25.5 Å². The first kappa shape index (κ1) is 21.5. The first-order valence-corrected chi connectivity index (χ1v) is 11.0. The molecule has 0 radical (unpaired) electrons. The highest BCUT2D eigenvalue weighted by atomic mass is 16.6. The van der Waals surface area contributed by atoms with Gasteiger partial charge in [0, 0.05) is 25.6 Å². The normalized spacial score (nSPS) is 22.9. The summed E-state index contributed by atoms with van der Waals surface area (Å²) >= 11 is 0. The van der Waals surface area contributed by atoms with Crippen molar-refractivity contribution in [2.24, 2.45) is 11.8 Å². The Morgan fingerprint density at radius 2 is 1.83 bits per heavy atom. The van der Waals surface area contributed by atoms with Gasteiger partial charge in [0.25, 0.3) is 0 Å². The number of amides is 2. The summed E-state index contributed by atoms with van der Waals surface area (Å²) in [7, 11) is 0. The lowest BCUT2D eigenvalue weighted by molar-refractivity contribution is -0.126. The Bertz CT molecular complexity index is 705. The second kappa shape index (κ2) is 9.99. The predicted molar refractivity (Wildman–Crippen MR) is 112 cm³/mol. The molecule has 0 atom stereocenters. The number of phenolic OH excluding ortho intramolecular Hbond substituents is 1. The first-order chi connectivity index (χ1) is 14.0. The number of nitrogens with one attached hydrogen (secondary N) is 1. The average molecular weight is 403 g/mol. The third-order valence-corrected chi connectivity index (χ3v) is 6.49. The van der Waals surface area contributed by atoms with Crippen LogP contribution in [0.15, 0.2) is 18.2 Å². The lowest BCUT2D eigenvalue weighted by Gasteiger charge is -2.33. The molecule has 1 aliphatic heterocycles. The molecule has 0 unspecified atom stereocenters. The van der Waals surface area contributed by atoms with Gasteiger partial charge in [0.05, 0.1) is 0 Å². The molecule has 1 saturated carbocycles. The molecule has 6 nitrogen and oxygen atoms in total. The van der Waals surface area contributed by atoms with E-state index in [0.717, 1.165) is 42.7 Å². The number of nitrogens with zero attached hydrogens (tertiary/aromatic N) is 1. The van der Waals surface area contributed by atoms with Gasteiger partial charge >= 0.3 is 6.09 Å². The maximum Gasteiger partial charge on any atom is 0.410 e. The van der Waals surface area contributed by atoms with Crippen molar-refractivity contribution >= 4 is 12.0 Å². The lowest BCUT2D eigenvalue weighted by Crippen LogP contribution is -2.44. The molecule has 0 aromatic heterocycles. The number of aryl methyl sites for hydroxylation is 1. The molecular formula is C23H34N2O4. The van der Waals surface area contributed by atoms with Gasteiger partial charge < -0.3 is 20.1 Å². The van der Waals surface area contributed by atoms with Gasteiger partial charge in [-0.15, -0.1) is 0 Å². The standard InChI is InChI=1S/C23H34N2O4/c1-3-17-4-7-20(8-5-17)29-23(28)25-12-10-19(11-13-25)22(27)24-15-18-6-9-21(26)16(2)14-18/h6,9,14,17,19-20,26H,3-5,7-8,10-13,15H2,1-2H3,(H,24,27)/t17-,20+. The quantitative estimate of drug-likeness (QED) is 0.776. The summed E-state index contributed by atoms with van der Waals surface area (Å²) in [5.74, 6) is 1.00. The van der Waals surface area contributed by atoms with E-state index >= 15 is 0 Å². The van der Waals surface area contributed by atoms with Gasteiger partial charge in [0.1, 0.15) is 11.9 Å². The largest absolute Gasteiger partial charge is 0.508 e. The van der Waals surface area contributed by atoms with Gasteiger partial charge in [-0.3, -0.25) is 4.79 Å². The Labute approximate surface area is 173 Å². The summed E-state index contributed by atoms with van der Waals surface area (Å²) in [5, 5.41) is 12.6. The fourth-order valence-electron chi connectivity index (χ4n) is 4.36. The highest BCUT2D eigenvalue weighted by Gasteiger charge is 2.30. The van der Waals surface area contributed by atoms with Crippen LogP contribution >= 0.6 is 0 Å². The maximum absolute atomic E-state index is 12.5. The van der Waals surface area contributed by atoms with Crippen LogP contribution in [0.3, 0.4) is 0 Å². The van der Waals surface area contributed by atoms with E-state index in [1.54, 1.807) is 11.0 Å². The molecule has 1 aromatic rings. The first-order valence-electron chi connectivity index (χ1n) is 11.0. The van der Waals surface area contributed by atoms with Crippen LogP contribution in [-0.2, 0) is 16.1 Å². The van der Waals surface area contributed by atoms with Gasteiger partial charge in [0.15, 0.2) is 0 Å². The smallest absolute Gasteiger partial charge is 0.410 e. The van der Waals surface area contributed by atoms with Crippen LogP contribution in [-0.4, -0.2) is 41.2 Å². The molecule has 2 N–H and O–H groups in total. The number of likely N-dealkylation sites (tertiary alicyclic amines) is 1. The minimum absolute atomic E-state index is 0.0293. The third-order valence-electron chi connectivity index (χ3n) is 6.49. The predicted octanol–water partition coefficient (Wildman–Crippen LogP) is 4.13. The number of benzene rings is 1. The van der Waals surface area contributed by atoms with Gasteiger partial charge in [-0.2, -0.15) is 0 Å². The number of hydrogen-bond acceptors (Lipinski definition) is 4. The fraction of sp³-hybridized carbons (Fsp3) is 0.652. The van der Waals surface area contributed by atoms with E-state index in [1.165, 1.54) is 6.42 Å². The second-order valence-electron chi connectivity index (χ2n) is 8.53. The van der Waals surface area contributed by atoms with Crippen molar-refractivity contribution in [2.45, 2.75) is 71.4 Å². The molecule has 6 heteroatoms. The molecule has 1 saturated heterocycles. The highest BCUT2D eigenvalue weighted by molar-refractivity contribution is 5.79. The zero-order valence-corrected chi connectivity index (χ0v) is 17.7. The molecule has 2 amide bonds. The Morgan fingerprint density at radius 1 is 1.14 bits per heavy atom. The summed E-state index contributed by atoms with van der Waals surface area (Å²) in [6.45, 7) is 5.65. The Morgan fingerprint density at radius 3 is 2.45 bits per heavy atom. The van der Waals surface area contributed by atoms with Crippen LogP contribution in [0.2, 0.25) is 0 Å². The fourth-order valence-corrected chi connectivity index (χ4v) is 4.36. The van der Waals surface area contributed by atoms with E-state index in [1.807, 2.05) is 19.1 Å². The van der Waals surface area contributed by atoms with Crippen LogP contribution < -0.4 is 5.32 Å². The van der Waals surface area contributed by atoms with Crippen molar-refractivity contribution in [3.8, 4) is 5.75 Å². The Balaban J connectivity index is 1.38. The van der Waals surface area contributed by atoms with Gasteiger partial charge in [0.2, 0.25) is 5.91 Å². The maximum atomic E-state index is 12.5. The van der Waals surface area contributed by atoms with Crippen molar-refractivity contribution in [3.63, 3.8) is 0 Å². The Kier molecular flexibility index (Phi) is 7.40. The molecular weight excluding hydrogens is 368 g/mol. The molecule has 160 valence electrons. The number of ether oxygens (including phenoxy) is 1. The monoisotopic (exact) mass is 402 g/mol. The van der Waals surface area contributed by atoms with Crippen molar-refractivity contribution in [1.82, 2.24) is 10.2 Å². The summed E-state index contributed by atoms with van der Waals surface area (Å²) in [6, 6.07) is 5.34. The number of piperidine rings is 1. The SMILES string of the molecule is CC[C@H]1CC[C@@H](OC(=O)N2CCC(C(=O)NCc3ccc(O)c(C)c3)CC2)CC1. The van der Waals surface area contributed by atoms with Crippen molar-refractivity contribution < 1.29 is 19.4 Å².